The Balaban J connectivity index is 1.99. The molecule has 1 aromatic rings. The number of carbonyl (C=O) groups is 1. The molecule has 1 amide bonds. The fourth-order valence-electron chi connectivity index (χ4n) is 3.04. The number of hydrogen-bond acceptors (Lipinski definition) is 2. The van der Waals surface area contributed by atoms with Crippen LogP contribution in [0.3, 0.4) is 0 Å². The summed E-state index contributed by atoms with van der Waals surface area (Å²) in [6, 6.07) is 6.46. The number of hydrogen-bond donors (Lipinski definition) is 2. The fraction of sp³-hybridized carbons (Fsp3) is 0.611. The maximum absolute atomic E-state index is 12.2. The van der Waals surface area contributed by atoms with Crippen LogP contribution in [0.15, 0.2) is 18.2 Å². The van der Waals surface area contributed by atoms with Crippen molar-refractivity contribution in [1.82, 2.24) is 5.32 Å². The van der Waals surface area contributed by atoms with Gasteiger partial charge in [-0.3, -0.25) is 4.79 Å². The normalized spacial score (nSPS) is 16.9. The molecule has 0 aromatic heterocycles. The summed E-state index contributed by atoms with van der Waals surface area (Å²) < 4.78 is 0. The highest BCUT2D eigenvalue weighted by molar-refractivity contribution is 5.79. The molecule has 0 fully saturated rings. The van der Waals surface area contributed by atoms with Crippen molar-refractivity contribution >= 4 is 5.91 Å². The lowest BCUT2D eigenvalue weighted by molar-refractivity contribution is -0.122. The summed E-state index contributed by atoms with van der Waals surface area (Å²) >= 11 is 0. The second-order valence-corrected chi connectivity index (χ2v) is 6.42. The molecule has 0 heterocycles. The zero-order valence-electron chi connectivity index (χ0n) is 13.2. The van der Waals surface area contributed by atoms with Gasteiger partial charge >= 0.3 is 0 Å². The van der Waals surface area contributed by atoms with E-state index in [0.29, 0.717) is 12.8 Å². The van der Waals surface area contributed by atoms with Crippen LogP contribution in [0.2, 0.25) is 0 Å². The highest BCUT2D eigenvalue weighted by Gasteiger charge is 2.23. The Morgan fingerprint density at radius 3 is 2.67 bits per heavy atom. The molecular formula is C18H27NO2. The molecule has 3 heteroatoms. The van der Waals surface area contributed by atoms with Gasteiger partial charge in [0.1, 0.15) is 0 Å². The number of benzene rings is 1. The zero-order chi connectivity index (χ0) is 15.3. The third kappa shape index (κ3) is 4.31. The molecule has 1 aliphatic carbocycles. The van der Waals surface area contributed by atoms with Crippen LogP contribution in [-0.2, 0) is 24.1 Å². The molecule has 0 aliphatic heterocycles. The first-order valence-corrected chi connectivity index (χ1v) is 8.09. The lowest BCUT2D eigenvalue weighted by Gasteiger charge is -2.29. The molecule has 1 unspecified atom stereocenters. The molecule has 0 saturated carbocycles. The van der Waals surface area contributed by atoms with E-state index in [0.717, 1.165) is 18.4 Å². The van der Waals surface area contributed by atoms with E-state index in [1.165, 1.54) is 30.4 Å². The topological polar surface area (TPSA) is 49.3 Å². The van der Waals surface area contributed by atoms with E-state index in [-0.39, 0.29) is 18.1 Å². The largest absolute Gasteiger partial charge is 0.396 e. The maximum atomic E-state index is 12.2. The standard InChI is InChI=1S/C18H27NO2/c1-3-18(2,10-11-20)19-17(21)13-14-8-9-15-6-4-5-7-16(15)12-14/h8-9,12,20H,3-7,10-11,13H2,1-2H3,(H,19,21). The Morgan fingerprint density at radius 2 is 2.00 bits per heavy atom. The van der Waals surface area contributed by atoms with Crippen LogP contribution >= 0.6 is 0 Å². The van der Waals surface area contributed by atoms with Crippen LogP contribution in [-0.4, -0.2) is 23.2 Å². The van der Waals surface area contributed by atoms with Gasteiger partial charge in [0, 0.05) is 12.1 Å². The first-order valence-electron chi connectivity index (χ1n) is 8.09. The van der Waals surface area contributed by atoms with Crippen molar-refractivity contribution in [3.63, 3.8) is 0 Å². The van der Waals surface area contributed by atoms with Gasteiger partial charge in [-0.05, 0) is 62.1 Å². The van der Waals surface area contributed by atoms with Crippen molar-refractivity contribution in [3.8, 4) is 0 Å². The quantitative estimate of drug-likeness (QED) is 0.846. The molecule has 1 aliphatic rings. The van der Waals surface area contributed by atoms with Crippen LogP contribution in [0.25, 0.3) is 0 Å². The Hall–Kier alpha value is -1.35. The average molecular weight is 289 g/mol. The van der Waals surface area contributed by atoms with Crippen molar-refractivity contribution in [2.24, 2.45) is 0 Å². The number of aryl methyl sites for hydroxylation is 2. The van der Waals surface area contributed by atoms with Crippen molar-refractivity contribution in [3.05, 3.63) is 34.9 Å². The SMILES string of the molecule is CCC(C)(CCO)NC(=O)Cc1ccc2c(c1)CCCC2. The van der Waals surface area contributed by atoms with Gasteiger partial charge in [0.25, 0.3) is 0 Å². The van der Waals surface area contributed by atoms with Crippen LogP contribution in [0.4, 0.5) is 0 Å². The van der Waals surface area contributed by atoms with E-state index < -0.39 is 0 Å². The van der Waals surface area contributed by atoms with Gasteiger partial charge in [-0.2, -0.15) is 0 Å². The van der Waals surface area contributed by atoms with E-state index in [4.69, 9.17) is 5.11 Å². The maximum Gasteiger partial charge on any atom is 0.224 e. The highest BCUT2D eigenvalue weighted by atomic mass is 16.3. The average Bonchev–Trinajstić information content (AvgIpc) is 2.47. The van der Waals surface area contributed by atoms with Gasteiger partial charge in [0.2, 0.25) is 5.91 Å². The summed E-state index contributed by atoms with van der Waals surface area (Å²) in [7, 11) is 0. The number of amides is 1. The first kappa shape index (κ1) is 16.0. The molecule has 1 aromatic carbocycles. The molecule has 0 spiro atoms. The minimum absolute atomic E-state index is 0.0450. The Labute approximate surface area is 127 Å². The molecule has 2 N–H and O–H groups in total. The van der Waals surface area contributed by atoms with E-state index in [1.807, 2.05) is 13.8 Å². The lowest BCUT2D eigenvalue weighted by Crippen LogP contribution is -2.46. The van der Waals surface area contributed by atoms with Crippen LogP contribution in [0.5, 0.6) is 0 Å². The summed E-state index contributed by atoms with van der Waals surface area (Å²) in [4.78, 5) is 12.2. The number of nitrogens with one attached hydrogen (secondary N) is 1. The second kappa shape index (κ2) is 7.08. The summed E-state index contributed by atoms with van der Waals surface area (Å²) in [5.74, 6) is 0.0450. The smallest absolute Gasteiger partial charge is 0.224 e. The molecule has 2 rings (SSSR count). The first-order chi connectivity index (χ1) is 10.1. The number of aliphatic hydroxyl groups excluding tert-OH is 1. The molecule has 3 nitrogen and oxygen atoms in total. The highest BCUT2D eigenvalue weighted by Crippen LogP contribution is 2.22. The summed E-state index contributed by atoms with van der Waals surface area (Å²) in [6.07, 6.45) is 6.70. The predicted molar refractivity (Wildman–Crippen MR) is 85.3 cm³/mol. The van der Waals surface area contributed by atoms with Crippen molar-refractivity contribution in [1.29, 1.82) is 0 Å². The number of aliphatic hydroxyl groups is 1. The van der Waals surface area contributed by atoms with Crippen LogP contribution < -0.4 is 5.32 Å². The van der Waals surface area contributed by atoms with E-state index >= 15 is 0 Å². The molecule has 1 atom stereocenters. The fourth-order valence-corrected chi connectivity index (χ4v) is 3.04. The zero-order valence-corrected chi connectivity index (χ0v) is 13.2. The van der Waals surface area contributed by atoms with E-state index in [1.54, 1.807) is 0 Å². The van der Waals surface area contributed by atoms with Crippen LogP contribution in [0, 0.1) is 0 Å². The van der Waals surface area contributed by atoms with Gasteiger partial charge in [-0.25, -0.2) is 0 Å². The minimum atomic E-state index is -0.306. The molecular weight excluding hydrogens is 262 g/mol. The minimum Gasteiger partial charge on any atom is -0.396 e. The van der Waals surface area contributed by atoms with Gasteiger partial charge < -0.3 is 10.4 Å². The summed E-state index contributed by atoms with van der Waals surface area (Å²) in [5.41, 5.74) is 3.65. The lowest BCUT2D eigenvalue weighted by atomic mass is 9.89. The van der Waals surface area contributed by atoms with Gasteiger partial charge in [-0.15, -0.1) is 0 Å². The molecule has 21 heavy (non-hydrogen) atoms. The van der Waals surface area contributed by atoms with Crippen molar-refractivity contribution in [2.45, 2.75) is 64.3 Å². The molecule has 116 valence electrons. The summed E-state index contributed by atoms with van der Waals surface area (Å²) in [6.45, 7) is 4.13. The van der Waals surface area contributed by atoms with Gasteiger partial charge in [0.15, 0.2) is 0 Å². The molecule has 0 saturated heterocycles. The second-order valence-electron chi connectivity index (χ2n) is 6.42. The Bertz CT molecular complexity index is 498. The molecule has 0 bridgehead atoms. The van der Waals surface area contributed by atoms with Gasteiger partial charge in [-0.1, -0.05) is 25.1 Å². The monoisotopic (exact) mass is 289 g/mol. The third-order valence-corrected chi connectivity index (χ3v) is 4.66. The Kier molecular flexibility index (Phi) is 5.40. The number of rotatable bonds is 6. The van der Waals surface area contributed by atoms with Crippen molar-refractivity contribution < 1.29 is 9.90 Å². The Morgan fingerprint density at radius 1 is 1.29 bits per heavy atom. The summed E-state index contributed by atoms with van der Waals surface area (Å²) in [5, 5.41) is 12.2. The van der Waals surface area contributed by atoms with Crippen LogP contribution in [0.1, 0.15) is 56.2 Å². The predicted octanol–water partition coefficient (Wildman–Crippen LogP) is 2.78. The number of fused-ring (bicyclic) bond motifs is 1. The van der Waals surface area contributed by atoms with Gasteiger partial charge in [0.05, 0.1) is 6.42 Å². The van der Waals surface area contributed by atoms with E-state index in [2.05, 4.69) is 23.5 Å². The van der Waals surface area contributed by atoms with E-state index in [9.17, 15) is 4.79 Å². The molecule has 0 radical (unpaired) electrons. The number of carbonyl (C=O) groups excluding carboxylic acids is 1. The third-order valence-electron chi connectivity index (χ3n) is 4.66. The van der Waals surface area contributed by atoms with Crippen molar-refractivity contribution in [2.75, 3.05) is 6.61 Å².